The molecule has 0 spiro atoms. The third-order valence-electron chi connectivity index (χ3n) is 4.16. The number of carbonyl (C=O) groups excluding carboxylic acids is 2. The fraction of sp³-hybridized carbons (Fsp3) is 0.0588. The van der Waals surface area contributed by atoms with Crippen molar-refractivity contribution in [1.29, 1.82) is 0 Å². The molecule has 2 aromatic carbocycles. The first kappa shape index (κ1) is 14.1. The number of aromatic nitrogens is 2. The van der Waals surface area contributed by atoms with Crippen LogP contribution in [-0.2, 0) is 6.54 Å². The van der Waals surface area contributed by atoms with Gasteiger partial charge < -0.3 is 16.8 Å². The summed E-state index contributed by atoms with van der Waals surface area (Å²) >= 11 is 0. The molecule has 2 amide bonds. The second-order valence-electron chi connectivity index (χ2n) is 5.58. The highest BCUT2D eigenvalue weighted by Gasteiger charge is 2.20. The molecule has 118 valence electrons. The Balaban J connectivity index is 1.94. The Morgan fingerprint density at radius 1 is 1.12 bits per heavy atom. The lowest BCUT2D eigenvalue weighted by molar-refractivity contribution is 0.0963. The van der Waals surface area contributed by atoms with Crippen molar-refractivity contribution in [2.24, 2.45) is 5.73 Å². The van der Waals surface area contributed by atoms with Gasteiger partial charge >= 0.3 is 0 Å². The van der Waals surface area contributed by atoms with Crippen LogP contribution in [0.5, 0.6) is 0 Å². The van der Waals surface area contributed by atoms with Crippen LogP contribution in [0.15, 0.2) is 36.4 Å². The quantitative estimate of drug-likeness (QED) is 0.655. The van der Waals surface area contributed by atoms with Gasteiger partial charge in [-0.3, -0.25) is 9.59 Å². The highest BCUT2D eigenvalue weighted by atomic mass is 16.2. The summed E-state index contributed by atoms with van der Waals surface area (Å²) in [6.45, 7) is 0.506. The Bertz CT molecular complexity index is 1030. The Hall–Kier alpha value is -3.48. The monoisotopic (exact) mass is 319 g/mol. The molecule has 0 saturated heterocycles. The predicted octanol–water partition coefficient (Wildman–Crippen LogP) is 1.22. The van der Waals surface area contributed by atoms with Gasteiger partial charge in [-0.1, -0.05) is 24.3 Å². The van der Waals surface area contributed by atoms with Gasteiger partial charge in [0.1, 0.15) is 5.52 Å². The molecule has 7 nitrogen and oxygen atoms in total. The number of nitrogens with zero attached hydrogens (tertiary/aromatic N) is 2. The molecule has 24 heavy (non-hydrogen) atoms. The van der Waals surface area contributed by atoms with Gasteiger partial charge in [0.25, 0.3) is 11.8 Å². The molecule has 0 saturated carbocycles. The summed E-state index contributed by atoms with van der Waals surface area (Å²) in [6.07, 6.45) is 0. The zero-order valence-corrected chi connectivity index (χ0v) is 12.5. The molecule has 2 heterocycles. The number of amides is 2. The zero-order chi connectivity index (χ0) is 16.8. The van der Waals surface area contributed by atoms with Crippen molar-refractivity contribution in [3.63, 3.8) is 0 Å². The van der Waals surface area contributed by atoms with E-state index in [0.29, 0.717) is 23.0 Å². The first-order valence-electron chi connectivity index (χ1n) is 7.32. The van der Waals surface area contributed by atoms with Crippen molar-refractivity contribution in [3.05, 3.63) is 53.2 Å². The fourth-order valence-corrected chi connectivity index (χ4v) is 2.96. The van der Waals surface area contributed by atoms with E-state index in [1.807, 2.05) is 24.3 Å². The molecule has 5 N–H and O–H groups in total. The number of benzene rings is 2. The summed E-state index contributed by atoms with van der Waals surface area (Å²) in [6, 6.07) is 11.1. The minimum absolute atomic E-state index is 0.0385. The van der Waals surface area contributed by atoms with E-state index in [2.05, 4.69) is 15.5 Å². The number of nitrogen functional groups attached to an aromatic ring is 1. The van der Waals surface area contributed by atoms with Crippen molar-refractivity contribution in [2.75, 3.05) is 5.73 Å². The minimum atomic E-state index is -0.713. The molecule has 0 unspecified atom stereocenters. The number of fused-ring (bicyclic) bond motifs is 2. The second-order valence-corrected chi connectivity index (χ2v) is 5.58. The number of carbonyl (C=O) groups is 2. The van der Waals surface area contributed by atoms with Gasteiger partial charge in [-0.05, 0) is 23.3 Å². The van der Waals surface area contributed by atoms with Crippen molar-refractivity contribution in [3.8, 4) is 11.1 Å². The molecule has 0 radical (unpaired) electrons. The highest BCUT2D eigenvalue weighted by molar-refractivity contribution is 6.07. The third kappa shape index (κ3) is 1.98. The summed E-state index contributed by atoms with van der Waals surface area (Å²) in [4.78, 5) is 23.1. The first-order chi connectivity index (χ1) is 11.6. The van der Waals surface area contributed by atoms with Crippen LogP contribution in [-0.4, -0.2) is 22.0 Å². The number of hydrogen-bond donors (Lipinski definition) is 3. The van der Waals surface area contributed by atoms with E-state index in [4.69, 9.17) is 11.5 Å². The Labute approximate surface area is 136 Å². The maximum absolute atomic E-state index is 11.7. The normalized spacial score (nSPS) is 12.9. The van der Waals surface area contributed by atoms with Crippen LogP contribution in [0.1, 0.15) is 26.4 Å². The molecule has 1 aliphatic rings. The molecule has 1 aliphatic heterocycles. The van der Waals surface area contributed by atoms with Crippen LogP contribution in [0.2, 0.25) is 0 Å². The topological polar surface area (TPSA) is 124 Å². The average Bonchev–Trinajstić information content (AvgIpc) is 2.95. The molecule has 0 fully saturated rings. The number of anilines is 1. The smallest absolute Gasteiger partial charge is 0.271 e. The molecule has 3 aromatic rings. The highest BCUT2D eigenvalue weighted by Crippen LogP contribution is 2.32. The molecule has 1 aromatic heterocycles. The van der Waals surface area contributed by atoms with E-state index >= 15 is 0 Å². The van der Waals surface area contributed by atoms with E-state index in [-0.39, 0.29) is 17.3 Å². The summed E-state index contributed by atoms with van der Waals surface area (Å²) in [5.74, 6) is -0.779. The Morgan fingerprint density at radius 3 is 2.75 bits per heavy atom. The molecular weight excluding hydrogens is 306 g/mol. The van der Waals surface area contributed by atoms with E-state index in [9.17, 15) is 9.59 Å². The van der Waals surface area contributed by atoms with Gasteiger partial charge in [0.15, 0.2) is 5.69 Å². The predicted molar refractivity (Wildman–Crippen MR) is 89.1 cm³/mol. The summed E-state index contributed by atoms with van der Waals surface area (Å²) < 4.78 is 0. The van der Waals surface area contributed by atoms with Crippen molar-refractivity contribution < 1.29 is 9.59 Å². The number of primary amides is 1. The van der Waals surface area contributed by atoms with Crippen LogP contribution in [0.3, 0.4) is 0 Å². The minimum Gasteiger partial charge on any atom is -0.396 e. The Kier molecular flexibility index (Phi) is 2.96. The lowest BCUT2D eigenvalue weighted by Crippen LogP contribution is -2.16. The van der Waals surface area contributed by atoms with Gasteiger partial charge in [-0.15, -0.1) is 10.2 Å². The van der Waals surface area contributed by atoms with Gasteiger partial charge in [-0.2, -0.15) is 0 Å². The molecule has 4 rings (SSSR count). The first-order valence-corrected chi connectivity index (χ1v) is 7.32. The Morgan fingerprint density at radius 2 is 1.96 bits per heavy atom. The summed E-state index contributed by atoms with van der Waals surface area (Å²) in [5.41, 5.74) is 15.4. The van der Waals surface area contributed by atoms with Crippen LogP contribution in [0.25, 0.3) is 22.0 Å². The van der Waals surface area contributed by atoms with Gasteiger partial charge in [0.2, 0.25) is 0 Å². The fourth-order valence-electron chi connectivity index (χ4n) is 2.96. The number of hydrogen-bond acceptors (Lipinski definition) is 5. The average molecular weight is 319 g/mol. The van der Waals surface area contributed by atoms with E-state index in [0.717, 1.165) is 16.7 Å². The van der Waals surface area contributed by atoms with Crippen molar-refractivity contribution in [2.45, 2.75) is 6.54 Å². The largest absolute Gasteiger partial charge is 0.396 e. The van der Waals surface area contributed by atoms with E-state index < -0.39 is 5.91 Å². The maximum Gasteiger partial charge on any atom is 0.271 e. The lowest BCUT2D eigenvalue weighted by Gasteiger charge is -2.10. The molecule has 0 bridgehead atoms. The van der Waals surface area contributed by atoms with Gasteiger partial charge in [0.05, 0.1) is 5.69 Å². The summed E-state index contributed by atoms with van der Waals surface area (Å²) in [5, 5.41) is 11.4. The van der Waals surface area contributed by atoms with Crippen molar-refractivity contribution in [1.82, 2.24) is 15.5 Å². The standard InChI is InChI=1S/C17H13N5O2/c18-13-12-3-1-2-10(14(12)21-22-15(13)16(19)23)8-4-5-11-9(6-8)7-20-17(11)24/h1-6H,7H2,(H2,18,21)(H2,19,23)(H,20,24). The molecule has 7 heteroatoms. The molecule has 0 aliphatic carbocycles. The van der Waals surface area contributed by atoms with E-state index in [1.54, 1.807) is 12.1 Å². The van der Waals surface area contributed by atoms with Crippen LogP contribution in [0, 0.1) is 0 Å². The number of nitrogens with one attached hydrogen (secondary N) is 1. The van der Waals surface area contributed by atoms with Crippen LogP contribution >= 0.6 is 0 Å². The maximum atomic E-state index is 11.7. The second kappa shape index (κ2) is 5.02. The SMILES string of the molecule is NC(=O)c1nnc2c(-c3ccc4c(c3)CNC4=O)cccc2c1N. The number of nitrogens with two attached hydrogens (primary N) is 2. The van der Waals surface area contributed by atoms with Gasteiger partial charge in [0, 0.05) is 23.1 Å². The van der Waals surface area contributed by atoms with E-state index in [1.165, 1.54) is 0 Å². The summed E-state index contributed by atoms with van der Waals surface area (Å²) in [7, 11) is 0. The zero-order valence-electron chi connectivity index (χ0n) is 12.5. The van der Waals surface area contributed by atoms with Crippen LogP contribution in [0.4, 0.5) is 5.69 Å². The van der Waals surface area contributed by atoms with Crippen molar-refractivity contribution >= 4 is 28.4 Å². The number of rotatable bonds is 2. The third-order valence-corrected chi connectivity index (χ3v) is 4.16. The lowest BCUT2D eigenvalue weighted by atomic mass is 9.98. The molecular formula is C17H13N5O2. The molecule has 0 atom stereocenters. The van der Waals surface area contributed by atoms with Gasteiger partial charge in [-0.25, -0.2) is 0 Å². The van der Waals surface area contributed by atoms with Crippen LogP contribution < -0.4 is 16.8 Å².